The van der Waals surface area contributed by atoms with Crippen LogP contribution in [0.3, 0.4) is 0 Å². The quantitative estimate of drug-likeness (QED) is 0.850. The lowest BCUT2D eigenvalue weighted by Gasteiger charge is -2.28. The molecule has 2 aromatic rings. The second kappa shape index (κ2) is 6.30. The fourth-order valence-corrected chi connectivity index (χ4v) is 4.98. The van der Waals surface area contributed by atoms with Gasteiger partial charge in [-0.05, 0) is 34.4 Å². The lowest BCUT2D eigenvalue weighted by Crippen LogP contribution is -2.39. The predicted octanol–water partition coefficient (Wildman–Crippen LogP) is 2.77. The zero-order valence-corrected chi connectivity index (χ0v) is 15.2. The molecule has 2 saturated heterocycles. The van der Waals surface area contributed by atoms with E-state index in [2.05, 4.69) is 12.1 Å². The Kier molecular flexibility index (Phi) is 4.12. The maximum atomic E-state index is 13.0. The van der Waals surface area contributed by atoms with Crippen molar-refractivity contribution in [1.82, 2.24) is 9.80 Å². The monoisotopic (exact) mass is 354 g/mol. The molecule has 1 aromatic carbocycles. The minimum absolute atomic E-state index is 0.0811. The molecule has 2 aliphatic rings. The first-order valence-corrected chi connectivity index (χ1v) is 9.64. The molecule has 0 bridgehead atoms. The average molecular weight is 354 g/mol. The second-order valence-electron chi connectivity index (χ2n) is 7.18. The van der Waals surface area contributed by atoms with Crippen molar-refractivity contribution in [3.05, 3.63) is 58.3 Å². The summed E-state index contributed by atoms with van der Waals surface area (Å²) >= 11 is 1.61. The van der Waals surface area contributed by atoms with Crippen molar-refractivity contribution >= 4 is 23.2 Å². The molecule has 2 fully saturated rings. The van der Waals surface area contributed by atoms with Gasteiger partial charge >= 0.3 is 0 Å². The van der Waals surface area contributed by atoms with Crippen LogP contribution < -0.4 is 0 Å². The highest BCUT2D eigenvalue weighted by molar-refractivity contribution is 7.08. The van der Waals surface area contributed by atoms with Crippen LogP contribution in [0.25, 0.3) is 0 Å². The van der Waals surface area contributed by atoms with Gasteiger partial charge in [0.15, 0.2) is 0 Å². The molecule has 3 heterocycles. The minimum Gasteiger partial charge on any atom is -0.345 e. The van der Waals surface area contributed by atoms with Crippen LogP contribution in [0.5, 0.6) is 0 Å². The molecular weight excluding hydrogens is 332 g/mol. The highest BCUT2D eigenvalue weighted by atomic mass is 32.1. The number of likely N-dealkylation sites (tertiary alicyclic amines) is 2. The molecule has 2 aliphatic heterocycles. The Balaban J connectivity index is 1.63. The highest BCUT2D eigenvalue weighted by Crippen LogP contribution is 2.49. The predicted molar refractivity (Wildman–Crippen MR) is 98.5 cm³/mol. The summed E-state index contributed by atoms with van der Waals surface area (Å²) < 4.78 is 0. The van der Waals surface area contributed by atoms with Crippen LogP contribution >= 0.6 is 11.3 Å². The van der Waals surface area contributed by atoms with Gasteiger partial charge in [-0.3, -0.25) is 9.59 Å². The van der Waals surface area contributed by atoms with Gasteiger partial charge in [0.25, 0.3) is 0 Å². The molecule has 5 heteroatoms. The average Bonchev–Trinajstić information content (AvgIpc) is 3.33. The van der Waals surface area contributed by atoms with E-state index in [4.69, 9.17) is 0 Å². The number of carbonyl (C=O) groups excluding carboxylic acids is 2. The third kappa shape index (κ3) is 2.76. The Morgan fingerprint density at radius 1 is 1.28 bits per heavy atom. The maximum absolute atomic E-state index is 13.0. The minimum atomic E-state index is -0.458. The lowest BCUT2D eigenvalue weighted by atomic mass is 9.73. The second-order valence-corrected chi connectivity index (χ2v) is 7.96. The van der Waals surface area contributed by atoms with E-state index in [9.17, 15) is 9.59 Å². The number of nitrogens with zero attached hydrogens (tertiary/aromatic N) is 2. The maximum Gasteiger partial charge on any atom is 0.231 e. The summed E-state index contributed by atoms with van der Waals surface area (Å²) in [6.07, 6.45) is 1.25. The van der Waals surface area contributed by atoms with Crippen molar-refractivity contribution in [2.75, 3.05) is 26.7 Å². The normalized spacial score (nSPS) is 26.0. The van der Waals surface area contributed by atoms with Crippen LogP contribution in [-0.4, -0.2) is 48.3 Å². The topological polar surface area (TPSA) is 40.6 Å². The molecule has 0 radical (unpaired) electrons. The molecule has 2 atom stereocenters. The van der Waals surface area contributed by atoms with Gasteiger partial charge < -0.3 is 9.80 Å². The van der Waals surface area contributed by atoms with Crippen molar-refractivity contribution in [3.8, 4) is 0 Å². The fourth-order valence-electron chi connectivity index (χ4n) is 4.32. The summed E-state index contributed by atoms with van der Waals surface area (Å²) in [5.74, 6) is 0.392. The zero-order chi connectivity index (χ0) is 17.4. The third-order valence-corrected chi connectivity index (χ3v) is 6.43. The van der Waals surface area contributed by atoms with E-state index in [-0.39, 0.29) is 17.7 Å². The largest absolute Gasteiger partial charge is 0.345 e. The molecule has 0 aliphatic carbocycles. The molecule has 1 spiro atoms. The van der Waals surface area contributed by atoms with Crippen molar-refractivity contribution in [2.45, 2.75) is 18.8 Å². The molecule has 2 amide bonds. The number of hydrogen-bond acceptors (Lipinski definition) is 3. The Morgan fingerprint density at radius 3 is 2.72 bits per heavy atom. The van der Waals surface area contributed by atoms with Crippen LogP contribution in [0.4, 0.5) is 0 Å². The molecule has 25 heavy (non-hydrogen) atoms. The van der Waals surface area contributed by atoms with E-state index < -0.39 is 5.41 Å². The number of carbonyl (C=O) groups is 2. The summed E-state index contributed by atoms with van der Waals surface area (Å²) in [4.78, 5) is 29.5. The Hall–Kier alpha value is -2.14. The molecule has 0 saturated carbocycles. The van der Waals surface area contributed by atoms with Crippen LogP contribution in [-0.2, 0) is 16.0 Å². The van der Waals surface area contributed by atoms with Gasteiger partial charge in [-0.1, -0.05) is 30.3 Å². The summed E-state index contributed by atoms with van der Waals surface area (Å²) in [6, 6.07) is 12.2. The number of amides is 2. The van der Waals surface area contributed by atoms with Crippen LogP contribution in [0.2, 0.25) is 0 Å². The zero-order valence-electron chi connectivity index (χ0n) is 14.4. The van der Waals surface area contributed by atoms with Gasteiger partial charge in [0.05, 0.1) is 11.8 Å². The molecule has 0 N–H and O–H groups in total. The Bertz CT molecular complexity index is 774. The summed E-state index contributed by atoms with van der Waals surface area (Å²) in [5, 5.41) is 4.02. The van der Waals surface area contributed by atoms with Crippen LogP contribution in [0.15, 0.2) is 47.2 Å². The number of thiophene rings is 1. The van der Waals surface area contributed by atoms with Gasteiger partial charge in [0.2, 0.25) is 11.8 Å². The molecule has 4 nitrogen and oxygen atoms in total. The van der Waals surface area contributed by atoms with E-state index in [0.29, 0.717) is 19.5 Å². The van der Waals surface area contributed by atoms with E-state index in [0.717, 1.165) is 24.1 Å². The fraction of sp³-hybridized carbons (Fsp3) is 0.400. The van der Waals surface area contributed by atoms with Crippen molar-refractivity contribution < 1.29 is 9.59 Å². The van der Waals surface area contributed by atoms with Gasteiger partial charge in [-0.25, -0.2) is 0 Å². The lowest BCUT2D eigenvalue weighted by molar-refractivity contribution is -0.135. The third-order valence-electron chi connectivity index (χ3n) is 5.70. The Labute approximate surface area is 152 Å². The van der Waals surface area contributed by atoms with E-state index in [1.54, 1.807) is 11.3 Å². The van der Waals surface area contributed by atoms with Crippen LogP contribution in [0.1, 0.15) is 23.5 Å². The molecule has 1 aromatic heterocycles. The van der Waals surface area contributed by atoms with Gasteiger partial charge in [-0.2, -0.15) is 11.3 Å². The molecular formula is C20H22N2O2S. The number of rotatable bonds is 3. The SMILES string of the molecule is CN1CC[C@@]2(CN(C(=O)Cc3ccsc3)C[C@@H]2c2ccccc2)C1=O. The van der Waals surface area contributed by atoms with E-state index in [1.165, 1.54) is 0 Å². The van der Waals surface area contributed by atoms with Crippen molar-refractivity contribution in [3.63, 3.8) is 0 Å². The van der Waals surface area contributed by atoms with E-state index >= 15 is 0 Å². The highest BCUT2D eigenvalue weighted by Gasteiger charge is 2.57. The van der Waals surface area contributed by atoms with Gasteiger partial charge in [-0.15, -0.1) is 0 Å². The van der Waals surface area contributed by atoms with Gasteiger partial charge in [0.1, 0.15) is 0 Å². The molecule has 130 valence electrons. The van der Waals surface area contributed by atoms with Crippen LogP contribution in [0, 0.1) is 5.41 Å². The van der Waals surface area contributed by atoms with E-state index in [1.807, 2.05) is 51.9 Å². The molecule has 4 rings (SSSR count). The summed E-state index contributed by atoms with van der Waals surface area (Å²) in [7, 11) is 1.87. The molecule has 0 unspecified atom stereocenters. The first-order valence-electron chi connectivity index (χ1n) is 8.69. The first-order chi connectivity index (χ1) is 12.1. The number of benzene rings is 1. The smallest absolute Gasteiger partial charge is 0.231 e. The summed E-state index contributed by atoms with van der Waals surface area (Å²) in [6.45, 7) is 1.94. The first kappa shape index (κ1) is 16.3. The van der Waals surface area contributed by atoms with Crippen molar-refractivity contribution in [2.24, 2.45) is 5.41 Å². The van der Waals surface area contributed by atoms with Crippen molar-refractivity contribution in [1.29, 1.82) is 0 Å². The Morgan fingerprint density at radius 2 is 2.08 bits per heavy atom. The summed E-state index contributed by atoms with van der Waals surface area (Å²) in [5.41, 5.74) is 1.76. The van der Waals surface area contributed by atoms with Gasteiger partial charge in [0, 0.05) is 32.6 Å². The number of hydrogen-bond donors (Lipinski definition) is 0. The standard InChI is InChI=1S/C20H22N2O2S/c1-21-9-8-20(19(21)24)14-22(18(23)11-15-7-10-25-13-15)12-17(20)16-5-3-2-4-6-16/h2-7,10,13,17H,8-9,11-12,14H2,1H3/t17-,20+/m1/s1.